The van der Waals surface area contributed by atoms with E-state index >= 15 is 0 Å². The molecule has 0 saturated heterocycles. The van der Waals surface area contributed by atoms with Gasteiger partial charge in [-0.05, 0) is 36.1 Å². The maximum atomic E-state index is 5.90. The van der Waals surface area contributed by atoms with Crippen LogP contribution < -0.4 is 11.5 Å². The molecule has 0 aliphatic heterocycles. The molecule has 4 N–H and O–H groups in total. The van der Waals surface area contributed by atoms with Gasteiger partial charge >= 0.3 is 0 Å². The Morgan fingerprint density at radius 2 is 1.22 bits per heavy atom. The van der Waals surface area contributed by atoms with Crippen molar-refractivity contribution in [3.63, 3.8) is 0 Å². The number of nitrogens with two attached hydrogens (primary N) is 2. The molecule has 2 rings (SSSR count). The summed E-state index contributed by atoms with van der Waals surface area (Å²) in [5.74, 6) is 0. The summed E-state index contributed by atoms with van der Waals surface area (Å²) in [5.41, 5.74) is 15.6. The molecule has 0 amide bonds. The molecule has 0 saturated carbocycles. The van der Waals surface area contributed by atoms with Gasteiger partial charge in [0.2, 0.25) is 0 Å². The largest absolute Gasteiger partial charge is 0.399 e. The highest BCUT2D eigenvalue weighted by molar-refractivity contribution is 5.53. The van der Waals surface area contributed by atoms with Crippen LogP contribution in [0.3, 0.4) is 0 Å². The van der Waals surface area contributed by atoms with Gasteiger partial charge in [0.05, 0.1) is 0 Å². The molecule has 2 heteroatoms. The van der Waals surface area contributed by atoms with Crippen LogP contribution in [-0.2, 0) is 12.8 Å². The Morgan fingerprint density at radius 1 is 0.722 bits per heavy atom. The lowest BCUT2D eigenvalue weighted by Gasteiger charge is -2.06. The van der Waals surface area contributed by atoms with Crippen LogP contribution in [0.5, 0.6) is 0 Å². The third kappa shape index (κ3) is 4.13. The fourth-order valence-corrected chi connectivity index (χ4v) is 1.74. The van der Waals surface area contributed by atoms with E-state index in [1.54, 1.807) is 0 Å². The molecular formula is C16H22N2. The number of hydrogen-bond donors (Lipinski definition) is 2. The first-order valence-corrected chi connectivity index (χ1v) is 6.35. The van der Waals surface area contributed by atoms with Crippen molar-refractivity contribution in [3.05, 3.63) is 59.7 Å². The molecule has 2 aromatic rings. The van der Waals surface area contributed by atoms with Gasteiger partial charge in [0.15, 0.2) is 0 Å². The van der Waals surface area contributed by atoms with E-state index in [1.165, 1.54) is 11.1 Å². The lowest BCUT2D eigenvalue weighted by molar-refractivity contribution is 1.09. The van der Waals surface area contributed by atoms with E-state index in [0.717, 1.165) is 24.2 Å². The lowest BCUT2D eigenvalue weighted by Crippen LogP contribution is -1.97. The Bertz CT molecular complexity index is 442. The molecule has 2 aromatic carbocycles. The average Bonchev–Trinajstić information content (AvgIpc) is 2.41. The topological polar surface area (TPSA) is 52.0 Å². The van der Waals surface area contributed by atoms with Gasteiger partial charge < -0.3 is 11.5 Å². The van der Waals surface area contributed by atoms with Crippen molar-refractivity contribution in [2.45, 2.75) is 26.7 Å². The van der Waals surface area contributed by atoms with E-state index in [0.29, 0.717) is 0 Å². The molecule has 2 nitrogen and oxygen atoms in total. The molecule has 0 unspecified atom stereocenters. The second-order valence-corrected chi connectivity index (χ2v) is 4.11. The van der Waals surface area contributed by atoms with Crippen LogP contribution in [0.4, 0.5) is 11.4 Å². The molecule has 0 atom stereocenters. The molecule has 0 spiro atoms. The summed E-state index contributed by atoms with van der Waals surface area (Å²) in [6, 6.07) is 15.7. The minimum Gasteiger partial charge on any atom is -0.399 e. The number of benzene rings is 2. The zero-order chi connectivity index (χ0) is 13.4. The standard InChI is InChI=1S/C10H15N.C6H7N/c1-3-8-6-5-7-9(4-2)10(8)11;7-6-4-2-1-3-5-6/h5-7H,3-4,11H2,1-2H3;1-5H,7H2. The number of aryl methyl sites for hydroxylation is 2. The van der Waals surface area contributed by atoms with Crippen molar-refractivity contribution in [2.75, 3.05) is 11.5 Å². The summed E-state index contributed by atoms with van der Waals surface area (Å²) in [6.07, 6.45) is 2.05. The minimum absolute atomic E-state index is 0.822. The minimum atomic E-state index is 0.822. The SMILES string of the molecule is CCc1cccc(CC)c1N.Nc1ccccc1. The molecule has 0 bridgehead atoms. The van der Waals surface area contributed by atoms with Gasteiger partial charge in [0, 0.05) is 11.4 Å². The average molecular weight is 242 g/mol. The van der Waals surface area contributed by atoms with Crippen molar-refractivity contribution < 1.29 is 0 Å². The number of para-hydroxylation sites is 2. The number of hydrogen-bond acceptors (Lipinski definition) is 2. The second kappa shape index (κ2) is 7.38. The van der Waals surface area contributed by atoms with Gasteiger partial charge in [-0.1, -0.05) is 50.2 Å². The smallest absolute Gasteiger partial charge is 0.0378 e. The summed E-state index contributed by atoms with van der Waals surface area (Å²) < 4.78 is 0. The van der Waals surface area contributed by atoms with Crippen LogP contribution in [0.2, 0.25) is 0 Å². The van der Waals surface area contributed by atoms with Crippen molar-refractivity contribution in [1.29, 1.82) is 0 Å². The van der Waals surface area contributed by atoms with Crippen LogP contribution >= 0.6 is 0 Å². The van der Waals surface area contributed by atoms with Crippen LogP contribution in [-0.4, -0.2) is 0 Å². The van der Waals surface area contributed by atoms with Crippen molar-refractivity contribution in [3.8, 4) is 0 Å². The molecule has 0 aromatic heterocycles. The fraction of sp³-hybridized carbons (Fsp3) is 0.250. The Kier molecular flexibility index (Phi) is 5.78. The highest BCUT2D eigenvalue weighted by Gasteiger charge is 1.99. The predicted molar refractivity (Wildman–Crippen MR) is 80.5 cm³/mol. The summed E-state index contributed by atoms with van der Waals surface area (Å²) in [5, 5.41) is 0. The van der Waals surface area contributed by atoms with E-state index < -0.39 is 0 Å². The van der Waals surface area contributed by atoms with Gasteiger partial charge in [-0.2, -0.15) is 0 Å². The van der Waals surface area contributed by atoms with Gasteiger partial charge in [0.25, 0.3) is 0 Å². The van der Waals surface area contributed by atoms with E-state index in [9.17, 15) is 0 Å². The van der Waals surface area contributed by atoms with Crippen LogP contribution in [0, 0.1) is 0 Å². The molecule has 0 fully saturated rings. The second-order valence-electron chi connectivity index (χ2n) is 4.11. The Morgan fingerprint density at radius 3 is 1.56 bits per heavy atom. The summed E-state index contributed by atoms with van der Waals surface area (Å²) in [6.45, 7) is 4.26. The lowest BCUT2D eigenvalue weighted by atomic mass is 10.0. The summed E-state index contributed by atoms with van der Waals surface area (Å²) in [7, 11) is 0. The van der Waals surface area contributed by atoms with Gasteiger partial charge in [0.1, 0.15) is 0 Å². The number of anilines is 2. The maximum absolute atomic E-state index is 5.90. The third-order valence-corrected chi connectivity index (χ3v) is 2.85. The highest BCUT2D eigenvalue weighted by Crippen LogP contribution is 2.17. The van der Waals surface area contributed by atoms with E-state index in [4.69, 9.17) is 11.5 Å². The van der Waals surface area contributed by atoms with Crippen LogP contribution in [0.25, 0.3) is 0 Å². The van der Waals surface area contributed by atoms with Crippen molar-refractivity contribution >= 4 is 11.4 Å². The Hall–Kier alpha value is -1.96. The molecule has 18 heavy (non-hydrogen) atoms. The predicted octanol–water partition coefficient (Wildman–Crippen LogP) is 3.66. The van der Waals surface area contributed by atoms with Crippen molar-refractivity contribution in [2.24, 2.45) is 0 Å². The number of rotatable bonds is 2. The van der Waals surface area contributed by atoms with Crippen LogP contribution in [0.15, 0.2) is 48.5 Å². The van der Waals surface area contributed by atoms with Gasteiger partial charge in [-0.3, -0.25) is 0 Å². The van der Waals surface area contributed by atoms with E-state index in [1.807, 2.05) is 30.3 Å². The first kappa shape index (κ1) is 14.1. The Balaban J connectivity index is 0.000000199. The molecule has 0 aliphatic rings. The molecular weight excluding hydrogens is 220 g/mol. The normalized spacial score (nSPS) is 9.44. The number of nitrogen functional groups attached to an aromatic ring is 2. The zero-order valence-corrected chi connectivity index (χ0v) is 11.2. The zero-order valence-electron chi connectivity index (χ0n) is 11.2. The maximum Gasteiger partial charge on any atom is 0.0378 e. The van der Waals surface area contributed by atoms with Crippen LogP contribution in [0.1, 0.15) is 25.0 Å². The summed E-state index contributed by atoms with van der Waals surface area (Å²) >= 11 is 0. The monoisotopic (exact) mass is 242 g/mol. The summed E-state index contributed by atoms with van der Waals surface area (Å²) in [4.78, 5) is 0. The van der Waals surface area contributed by atoms with E-state index in [-0.39, 0.29) is 0 Å². The van der Waals surface area contributed by atoms with Gasteiger partial charge in [-0.15, -0.1) is 0 Å². The van der Waals surface area contributed by atoms with E-state index in [2.05, 4.69) is 32.0 Å². The molecule has 0 heterocycles. The third-order valence-electron chi connectivity index (χ3n) is 2.85. The van der Waals surface area contributed by atoms with Crippen molar-refractivity contribution in [1.82, 2.24) is 0 Å². The molecule has 0 radical (unpaired) electrons. The first-order valence-electron chi connectivity index (χ1n) is 6.35. The molecule has 0 aliphatic carbocycles. The van der Waals surface area contributed by atoms with Gasteiger partial charge in [-0.25, -0.2) is 0 Å². The molecule has 96 valence electrons. The first-order chi connectivity index (χ1) is 8.69. The Labute approximate surface area is 110 Å². The fourth-order valence-electron chi connectivity index (χ4n) is 1.74. The highest BCUT2D eigenvalue weighted by atomic mass is 14.6. The quantitative estimate of drug-likeness (QED) is 0.790.